The molecule has 0 amide bonds. The maximum atomic E-state index is 13.5. The van der Waals surface area contributed by atoms with Crippen LogP contribution in [0.5, 0.6) is 5.75 Å². The van der Waals surface area contributed by atoms with Crippen LogP contribution in [0.3, 0.4) is 0 Å². The van der Waals surface area contributed by atoms with Crippen LogP contribution in [0.1, 0.15) is 11.6 Å². The molecule has 0 spiro atoms. The molecule has 1 saturated heterocycles. The van der Waals surface area contributed by atoms with Gasteiger partial charge in [0, 0.05) is 32.2 Å². The first-order valence-electron chi connectivity index (χ1n) is 8.39. The van der Waals surface area contributed by atoms with Crippen LogP contribution in [0.25, 0.3) is 0 Å². The quantitative estimate of drug-likeness (QED) is 0.753. The lowest BCUT2D eigenvalue weighted by atomic mass is 10.0. The van der Waals surface area contributed by atoms with E-state index in [0.717, 1.165) is 25.2 Å². The summed E-state index contributed by atoms with van der Waals surface area (Å²) in [7, 11) is -3.70. The van der Waals surface area contributed by atoms with Gasteiger partial charge in [-0.05, 0) is 42.0 Å². The number of nitrogens with zero attached hydrogens (tertiary/aromatic N) is 1. The second-order valence-corrected chi connectivity index (χ2v) is 7.74. The highest BCUT2D eigenvalue weighted by Crippen LogP contribution is 2.23. The highest BCUT2D eigenvalue weighted by molar-refractivity contribution is 7.89. The fraction of sp³-hybridized carbons (Fsp3) is 0.333. The Morgan fingerprint density at radius 3 is 2.63 bits per heavy atom. The Morgan fingerprint density at radius 2 is 1.96 bits per heavy atom. The molecule has 1 aliphatic rings. The van der Waals surface area contributed by atoms with Gasteiger partial charge in [-0.1, -0.05) is 12.1 Å². The van der Waals surface area contributed by atoms with Crippen LogP contribution in [0.2, 0.25) is 0 Å². The average molecular weight is 416 g/mol. The van der Waals surface area contributed by atoms with Crippen molar-refractivity contribution in [3.63, 3.8) is 0 Å². The molecule has 2 aromatic rings. The summed E-state index contributed by atoms with van der Waals surface area (Å²) in [4.78, 5) is 2.31. The molecule has 1 heterocycles. The number of benzene rings is 2. The van der Waals surface area contributed by atoms with E-state index < -0.39 is 10.0 Å². The first kappa shape index (κ1) is 21.6. The Balaban J connectivity index is 0.00000261. The molecule has 0 aliphatic carbocycles. The third-order valence-corrected chi connectivity index (χ3v) is 5.32. The van der Waals surface area contributed by atoms with Crippen molar-refractivity contribution in [1.82, 2.24) is 10.2 Å². The van der Waals surface area contributed by atoms with Crippen molar-refractivity contribution in [1.29, 1.82) is 0 Å². The van der Waals surface area contributed by atoms with E-state index in [0.29, 0.717) is 18.9 Å². The first-order chi connectivity index (χ1) is 12.4. The highest BCUT2D eigenvalue weighted by Gasteiger charge is 2.23. The Kier molecular flexibility index (Phi) is 7.58. The molecular formula is C18H23ClFN3O3S. The number of rotatable bonds is 6. The van der Waals surface area contributed by atoms with Gasteiger partial charge in [0.2, 0.25) is 10.0 Å². The van der Waals surface area contributed by atoms with E-state index >= 15 is 0 Å². The van der Waals surface area contributed by atoms with Gasteiger partial charge in [-0.2, -0.15) is 0 Å². The van der Waals surface area contributed by atoms with Crippen LogP contribution in [-0.4, -0.2) is 46.1 Å². The van der Waals surface area contributed by atoms with Crippen molar-refractivity contribution >= 4 is 22.4 Å². The van der Waals surface area contributed by atoms with E-state index in [2.05, 4.69) is 10.2 Å². The predicted octanol–water partition coefficient (Wildman–Crippen LogP) is 1.92. The minimum absolute atomic E-state index is 0. The van der Waals surface area contributed by atoms with Crippen molar-refractivity contribution in [3.05, 3.63) is 59.9 Å². The molecule has 0 aromatic heterocycles. The maximum absolute atomic E-state index is 13.5. The lowest BCUT2D eigenvalue weighted by molar-refractivity contribution is 0.134. The fourth-order valence-electron chi connectivity index (χ4n) is 3.06. The van der Waals surface area contributed by atoms with Gasteiger partial charge in [0.1, 0.15) is 18.2 Å². The number of nitrogens with two attached hydrogens (primary N) is 1. The van der Waals surface area contributed by atoms with Gasteiger partial charge in [0.25, 0.3) is 0 Å². The summed E-state index contributed by atoms with van der Waals surface area (Å²) >= 11 is 0. The normalized spacial score (nSPS) is 17.9. The Morgan fingerprint density at radius 1 is 1.22 bits per heavy atom. The lowest BCUT2D eigenvalue weighted by Crippen LogP contribution is -2.47. The van der Waals surface area contributed by atoms with Gasteiger partial charge in [0.15, 0.2) is 0 Å². The number of hydrogen-bond donors (Lipinski definition) is 2. The van der Waals surface area contributed by atoms with Crippen LogP contribution < -0.4 is 15.2 Å². The number of nitrogens with one attached hydrogen (secondary N) is 1. The topological polar surface area (TPSA) is 84.7 Å². The Bertz CT molecular complexity index is 849. The van der Waals surface area contributed by atoms with Gasteiger partial charge in [-0.3, -0.25) is 4.90 Å². The molecule has 1 unspecified atom stereocenters. The summed E-state index contributed by atoms with van der Waals surface area (Å²) < 4.78 is 41.8. The smallest absolute Gasteiger partial charge is 0.238 e. The Hall–Kier alpha value is -1.71. The summed E-state index contributed by atoms with van der Waals surface area (Å²) in [6, 6.07) is 12.8. The number of halogens is 2. The van der Waals surface area contributed by atoms with Crippen molar-refractivity contribution in [2.75, 3.05) is 32.8 Å². The molecule has 9 heteroatoms. The van der Waals surface area contributed by atoms with Crippen molar-refractivity contribution in [3.8, 4) is 5.75 Å². The molecule has 1 aliphatic heterocycles. The monoisotopic (exact) mass is 415 g/mol. The van der Waals surface area contributed by atoms with Crippen LogP contribution in [0.15, 0.2) is 53.4 Å². The van der Waals surface area contributed by atoms with Gasteiger partial charge in [0.05, 0.1) is 4.90 Å². The fourth-order valence-corrected chi connectivity index (χ4v) is 3.58. The number of piperazine rings is 1. The molecule has 148 valence electrons. The molecule has 0 bridgehead atoms. The van der Waals surface area contributed by atoms with Crippen LogP contribution in [0, 0.1) is 5.82 Å². The summed E-state index contributed by atoms with van der Waals surface area (Å²) in [6.45, 7) is 3.59. The highest BCUT2D eigenvalue weighted by atomic mass is 35.5. The van der Waals surface area contributed by atoms with Crippen LogP contribution in [-0.2, 0) is 10.0 Å². The van der Waals surface area contributed by atoms with Crippen molar-refractivity contribution in [2.45, 2.75) is 10.9 Å². The summed E-state index contributed by atoms with van der Waals surface area (Å²) in [5.41, 5.74) is 0.940. The van der Waals surface area contributed by atoms with Crippen molar-refractivity contribution < 1.29 is 17.5 Å². The Labute approximate surface area is 165 Å². The van der Waals surface area contributed by atoms with Crippen LogP contribution in [0.4, 0.5) is 4.39 Å². The molecule has 0 radical (unpaired) electrons. The molecule has 0 saturated carbocycles. The van der Waals surface area contributed by atoms with E-state index in [1.54, 1.807) is 24.3 Å². The van der Waals surface area contributed by atoms with Crippen LogP contribution >= 0.6 is 12.4 Å². The second-order valence-electron chi connectivity index (χ2n) is 6.18. The van der Waals surface area contributed by atoms with Gasteiger partial charge < -0.3 is 10.1 Å². The second kappa shape index (κ2) is 9.48. The van der Waals surface area contributed by atoms with E-state index in [-0.39, 0.29) is 29.2 Å². The van der Waals surface area contributed by atoms with E-state index in [1.165, 1.54) is 18.2 Å². The molecular weight excluding hydrogens is 393 g/mol. The summed E-state index contributed by atoms with van der Waals surface area (Å²) in [5, 5.41) is 8.42. The molecule has 3 N–H and O–H groups in total. The zero-order chi connectivity index (χ0) is 18.6. The maximum Gasteiger partial charge on any atom is 0.238 e. The standard InChI is InChI=1S/C18H22FN3O3S.ClH/c19-15-3-1-2-14(12-15)18-13-21-8-9-22(18)10-11-25-16-4-6-17(7-5-16)26(20,23)24;/h1-7,12,18,21H,8-11,13H2,(H2,20,23,24);1H. The molecule has 1 fully saturated rings. The molecule has 2 aromatic carbocycles. The van der Waals surface area contributed by atoms with Gasteiger partial charge >= 0.3 is 0 Å². The molecule has 1 atom stereocenters. The van der Waals surface area contributed by atoms with Gasteiger partial charge in [-0.25, -0.2) is 17.9 Å². The predicted molar refractivity (Wildman–Crippen MR) is 104 cm³/mol. The number of sulfonamides is 1. The lowest BCUT2D eigenvalue weighted by Gasteiger charge is -2.36. The minimum Gasteiger partial charge on any atom is -0.492 e. The molecule has 27 heavy (non-hydrogen) atoms. The third kappa shape index (κ3) is 5.88. The molecule has 6 nitrogen and oxygen atoms in total. The molecule has 3 rings (SSSR count). The summed E-state index contributed by atoms with van der Waals surface area (Å²) in [5.74, 6) is 0.342. The van der Waals surface area contributed by atoms with E-state index in [4.69, 9.17) is 9.88 Å². The first-order valence-corrected chi connectivity index (χ1v) is 9.94. The summed E-state index contributed by atoms with van der Waals surface area (Å²) in [6.07, 6.45) is 0. The van der Waals surface area contributed by atoms with E-state index in [9.17, 15) is 12.8 Å². The SMILES string of the molecule is Cl.NS(=O)(=O)c1ccc(OCCN2CCNCC2c2cccc(F)c2)cc1. The number of primary sulfonamides is 1. The third-order valence-electron chi connectivity index (χ3n) is 4.39. The van der Waals surface area contributed by atoms with Crippen molar-refractivity contribution in [2.24, 2.45) is 5.14 Å². The number of hydrogen-bond acceptors (Lipinski definition) is 5. The zero-order valence-electron chi connectivity index (χ0n) is 14.7. The largest absolute Gasteiger partial charge is 0.492 e. The average Bonchev–Trinajstić information content (AvgIpc) is 2.62. The zero-order valence-corrected chi connectivity index (χ0v) is 16.3. The number of ether oxygens (including phenoxy) is 1. The van der Waals surface area contributed by atoms with E-state index in [1.807, 2.05) is 6.07 Å². The van der Waals surface area contributed by atoms with Gasteiger partial charge in [-0.15, -0.1) is 12.4 Å². The minimum atomic E-state index is -3.70.